The third kappa shape index (κ3) is 5.23. The van der Waals surface area contributed by atoms with Crippen LogP contribution in [0.3, 0.4) is 0 Å². The van der Waals surface area contributed by atoms with Gasteiger partial charge in [0.1, 0.15) is 18.0 Å². The minimum absolute atomic E-state index is 0.0275. The summed E-state index contributed by atoms with van der Waals surface area (Å²) in [6.07, 6.45) is 8.23. The second-order valence-corrected chi connectivity index (χ2v) is 9.55. The van der Waals surface area contributed by atoms with Crippen molar-refractivity contribution in [1.29, 1.82) is 0 Å². The Morgan fingerprint density at radius 3 is 2.75 bits per heavy atom. The lowest BCUT2D eigenvalue weighted by Gasteiger charge is -2.30. The highest BCUT2D eigenvalue weighted by Crippen LogP contribution is 2.36. The molecule has 10 nitrogen and oxygen atoms in total. The summed E-state index contributed by atoms with van der Waals surface area (Å²) in [5.74, 6) is -0.325. The van der Waals surface area contributed by atoms with Crippen LogP contribution in [0.15, 0.2) is 24.4 Å². The summed E-state index contributed by atoms with van der Waals surface area (Å²) in [5, 5.41) is 17.7. The summed E-state index contributed by atoms with van der Waals surface area (Å²) in [6.45, 7) is 2.28. The fraction of sp³-hybridized carbons (Fsp3) is 0.538. The first-order valence-corrected chi connectivity index (χ1v) is 12.7. The fourth-order valence-electron chi connectivity index (χ4n) is 4.92. The third-order valence-corrected chi connectivity index (χ3v) is 7.14. The first kappa shape index (κ1) is 24.3. The molecule has 4 heterocycles. The molecule has 190 valence electrons. The predicted molar refractivity (Wildman–Crippen MR) is 130 cm³/mol. The second-order valence-electron chi connectivity index (χ2n) is 9.55. The number of carboxylic acids is 1. The lowest BCUT2D eigenvalue weighted by Crippen LogP contribution is -2.25. The van der Waals surface area contributed by atoms with Gasteiger partial charge >= 0.3 is 12.0 Å². The summed E-state index contributed by atoms with van der Waals surface area (Å²) < 4.78 is 13.8. The zero-order valence-electron chi connectivity index (χ0n) is 20.8. The van der Waals surface area contributed by atoms with E-state index in [-0.39, 0.29) is 25.2 Å². The van der Waals surface area contributed by atoms with E-state index in [9.17, 15) is 4.79 Å². The topological polar surface area (TPSA) is 125 Å². The third-order valence-electron chi connectivity index (χ3n) is 7.14. The number of aliphatic carboxylic acids is 1. The van der Waals surface area contributed by atoms with E-state index < -0.39 is 5.97 Å². The maximum atomic E-state index is 11.2. The average molecular weight is 493 g/mol. The Kier molecular flexibility index (Phi) is 7.22. The Hall–Kier alpha value is -3.40. The van der Waals surface area contributed by atoms with E-state index >= 15 is 0 Å². The lowest BCUT2D eigenvalue weighted by atomic mass is 9.83. The molecule has 10 heteroatoms. The van der Waals surface area contributed by atoms with Crippen LogP contribution in [-0.4, -0.2) is 47.1 Å². The number of hydrogen-bond donors (Lipinski definition) is 1. The van der Waals surface area contributed by atoms with Gasteiger partial charge in [-0.2, -0.15) is 4.98 Å². The summed E-state index contributed by atoms with van der Waals surface area (Å²) in [7, 11) is 1.83. The molecular formula is C26H32N6O4. The van der Waals surface area contributed by atoms with Crippen LogP contribution < -0.4 is 4.74 Å². The second kappa shape index (κ2) is 10.7. The van der Waals surface area contributed by atoms with Gasteiger partial charge in [0.15, 0.2) is 0 Å². The highest BCUT2D eigenvalue weighted by atomic mass is 16.5. The summed E-state index contributed by atoms with van der Waals surface area (Å²) in [5.41, 5.74) is 5.12. The molecule has 0 bridgehead atoms. The standard InChI is InChI=1S/C26H32N6O4/c1-3-19-18(23-9-5-8-17(36-23)14-24(33)34)10-11-21(28-19)25-22(32(2)31-30-25)15-35-26-27-13-12-20(29-26)16-6-4-7-16/h10-13,16-17,23H,3-9,14-15H2,1-2H3,(H,33,34)/t17-,23+/m0/s1. The molecule has 0 radical (unpaired) electrons. The van der Waals surface area contributed by atoms with E-state index in [1.165, 1.54) is 19.3 Å². The highest BCUT2D eigenvalue weighted by Gasteiger charge is 2.28. The summed E-state index contributed by atoms with van der Waals surface area (Å²) in [4.78, 5) is 24.9. The first-order chi connectivity index (χ1) is 17.5. The van der Waals surface area contributed by atoms with Crippen molar-refractivity contribution >= 4 is 5.97 Å². The minimum atomic E-state index is -0.831. The molecule has 5 rings (SSSR count). The number of pyridine rings is 1. The number of hydrogen-bond acceptors (Lipinski definition) is 8. The molecule has 36 heavy (non-hydrogen) atoms. The van der Waals surface area contributed by atoms with Gasteiger partial charge in [-0.25, -0.2) is 9.67 Å². The van der Waals surface area contributed by atoms with Crippen molar-refractivity contribution < 1.29 is 19.4 Å². The Morgan fingerprint density at radius 2 is 2.00 bits per heavy atom. The molecule has 2 aliphatic rings. The van der Waals surface area contributed by atoms with Crippen LogP contribution in [0.2, 0.25) is 0 Å². The Labute approximate surface area is 210 Å². The first-order valence-electron chi connectivity index (χ1n) is 12.7. The molecule has 2 fully saturated rings. The number of aromatic nitrogens is 6. The monoisotopic (exact) mass is 492 g/mol. The van der Waals surface area contributed by atoms with Crippen molar-refractivity contribution in [2.24, 2.45) is 7.05 Å². The molecule has 1 aliphatic heterocycles. The highest BCUT2D eigenvalue weighted by molar-refractivity contribution is 5.67. The molecule has 3 aromatic rings. The molecule has 1 saturated carbocycles. The van der Waals surface area contributed by atoms with E-state index in [0.29, 0.717) is 23.3 Å². The van der Waals surface area contributed by atoms with Gasteiger partial charge in [0.05, 0.1) is 30.0 Å². The number of rotatable bonds is 9. The number of carboxylic acid groups (broad SMARTS) is 1. The normalized spacial score (nSPS) is 20.2. The maximum Gasteiger partial charge on any atom is 0.316 e. The van der Waals surface area contributed by atoms with E-state index in [0.717, 1.165) is 48.3 Å². The molecular weight excluding hydrogens is 460 g/mol. The maximum absolute atomic E-state index is 11.2. The van der Waals surface area contributed by atoms with Crippen LogP contribution >= 0.6 is 0 Å². The van der Waals surface area contributed by atoms with Crippen LogP contribution in [0.5, 0.6) is 6.01 Å². The molecule has 2 atom stereocenters. The number of nitrogens with zero attached hydrogens (tertiary/aromatic N) is 6. The van der Waals surface area contributed by atoms with Gasteiger partial charge in [0.2, 0.25) is 0 Å². The number of ether oxygens (including phenoxy) is 2. The number of carbonyl (C=O) groups is 1. The smallest absolute Gasteiger partial charge is 0.316 e. The van der Waals surface area contributed by atoms with Gasteiger partial charge in [-0.3, -0.25) is 9.78 Å². The molecule has 1 N–H and O–H groups in total. The van der Waals surface area contributed by atoms with Gasteiger partial charge in [-0.05, 0) is 50.7 Å². The van der Waals surface area contributed by atoms with Crippen molar-refractivity contribution in [3.8, 4) is 17.4 Å². The van der Waals surface area contributed by atoms with Gasteiger partial charge < -0.3 is 14.6 Å². The molecule has 1 saturated heterocycles. The van der Waals surface area contributed by atoms with E-state index in [1.807, 2.05) is 25.2 Å². The van der Waals surface area contributed by atoms with E-state index in [4.69, 9.17) is 19.6 Å². The van der Waals surface area contributed by atoms with Crippen molar-refractivity contribution in [2.45, 2.75) is 83.0 Å². The largest absolute Gasteiger partial charge is 0.481 e. The quantitative estimate of drug-likeness (QED) is 0.468. The molecule has 0 amide bonds. The van der Waals surface area contributed by atoms with Crippen LogP contribution in [-0.2, 0) is 29.6 Å². The van der Waals surface area contributed by atoms with Crippen molar-refractivity contribution in [1.82, 2.24) is 29.9 Å². The van der Waals surface area contributed by atoms with Crippen LogP contribution in [0, 0.1) is 0 Å². The molecule has 0 aromatic carbocycles. The van der Waals surface area contributed by atoms with Gasteiger partial charge in [-0.15, -0.1) is 5.10 Å². The van der Waals surface area contributed by atoms with Crippen LogP contribution in [0.25, 0.3) is 11.4 Å². The SMILES string of the molecule is CCc1nc(-c2nnn(C)c2COc2nccc(C3CCC3)n2)ccc1[C@H]1CCC[C@@H](CC(=O)O)O1. The molecule has 0 spiro atoms. The Bertz CT molecular complexity index is 1220. The van der Waals surface area contributed by atoms with Gasteiger partial charge in [0, 0.05) is 30.4 Å². The lowest BCUT2D eigenvalue weighted by molar-refractivity contribution is -0.143. The molecule has 1 aliphatic carbocycles. The fourth-order valence-corrected chi connectivity index (χ4v) is 4.92. The van der Waals surface area contributed by atoms with E-state index in [2.05, 4.69) is 27.2 Å². The molecule has 3 aromatic heterocycles. The molecule has 0 unspecified atom stereocenters. The van der Waals surface area contributed by atoms with Crippen LogP contribution in [0.4, 0.5) is 0 Å². The number of aryl methyl sites for hydroxylation is 2. The van der Waals surface area contributed by atoms with Crippen molar-refractivity contribution in [3.05, 3.63) is 47.0 Å². The zero-order valence-corrected chi connectivity index (χ0v) is 20.8. The van der Waals surface area contributed by atoms with Crippen molar-refractivity contribution in [3.63, 3.8) is 0 Å². The zero-order chi connectivity index (χ0) is 25.1. The summed E-state index contributed by atoms with van der Waals surface area (Å²) in [6, 6.07) is 6.28. The Balaban J connectivity index is 1.34. The van der Waals surface area contributed by atoms with Crippen molar-refractivity contribution in [2.75, 3.05) is 0 Å². The minimum Gasteiger partial charge on any atom is -0.481 e. The predicted octanol–water partition coefficient (Wildman–Crippen LogP) is 4.16. The van der Waals surface area contributed by atoms with E-state index in [1.54, 1.807) is 10.9 Å². The summed E-state index contributed by atoms with van der Waals surface area (Å²) >= 11 is 0. The van der Waals surface area contributed by atoms with Gasteiger partial charge in [-0.1, -0.05) is 24.6 Å². The van der Waals surface area contributed by atoms with Gasteiger partial charge in [0.25, 0.3) is 0 Å². The van der Waals surface area contributed by atoms with Crippen LogP contribution in [0.1, 0.15) is 86.5 Å². The average Bonchev–Trinajstić information content (AvgIpc) is 3.21. The Morgan fingerprint density at radius 1 is 1.17 bits per heavy atom.